The van der Waals surface area contributed by atoms with Crippen LogP contribution < -0.4 is 20.2 Å². The Morgan fingerprint density at radius 2 is 0.950 bits per heavy atom. The van der Waals surface area contributed by atoms with E-state index in [9.17, 15) is 0 Å². The van der Waals surface area contributed by atoms with Crippen LogP contribution in [0.1, 0.15) is 92.3 Å². The molecule has 10 aromatic rings. The molecule has 2 heteroatoms. The van der Waals surface area contributed by atoms with E-state index in [1.807, 2.05) is 0 Å². The molecule has 2 aliphatic heterocycles. The highest BCUT2D eigenvalue weighted by molar-refractivity contribution is 6.10. The summed E-state index contributed by atoms with van der Waals surface area (Å²) in [6, 6.07) is 77.3. The Kier molecular flexibility index (Phi) is 10.6. The molecular weight excluding hydrogens is 965 g/mol. The van der Waals surface area contributed by atoms with E-state index in [4.69, 9.17) is 0 Å². The Balaban J connectivity index is 1.01. The smallest absolute Gasteiger partial charge is 0.0566 e. The van der Waals surface area contributed by atoms with E-state index in [0.717, 1.165) is 44.9 Å². The second kappa shape index (κ2) is 17.9. The lowest BCUT2D eigenvalue weighted by Crippen LogP contribution is -2.40. The molecule has 10 aromatic carbocycles. The number of para-hydroxylation sites is 3. The molecule has 0 spiro atoms. The van der Waals surface area contributed by atoms with Crippen LogP contribution in [0.25, 0.3) is 78.6 Å². The molecule has 0 bridgehead atoms. The predicted octanol–water partition coefficient (Wildman–Crippen LogP) is 18.4. The molecule has 0 radical (unpaired) electrons. The lowest BCUT2D eigenvalue weighted by atomic mass is 9.79. The highest BCUT2D eigenvalue weighted by atomic mass is 15.2. The fraction of sp³-hybridized carbons (Fsp3) is 0.179. The van der Waals surface area contributed by atoms with Gasteiger partial charge in [0.05, 0.1) is 6.04 Å². The van der Waals surface area contributed by atoms with Crippen LogP contribution in [0, 0.1) is 0 Å². The van der Waals surface area contributed by atoms with Gasteiger partial charge in [-0.2, -0.15) is 0 Å². The van der Waals surface area contributed by atoms with E-state index < -0.39 is 0 Å². The zero-order valence-electron chi connectivity index (χ0n) is 46.3. The summed E-state index contributed by atoms with van der Waals surface area (Å²) in [4.78, 5) is 5.30. The molecule has 2 heterocycles. The number of rotatable bonds is 5. The maximum atomic E-state index is 2.69. The summed E-state index contributed by atoms with van der Waals surface area (Å²) in [5.41, 5.74) is 30.6. The van der Waals surface area contributed by atoms with Crippen molar-refractivity contribution in [2.45, 2.75) is 89.5 Å². The van der Waals surface area contributed by atoms with Gasteiger partial charge in [-0.1, -0.05) is 204 Å². The summed E-state index contributed by atoms with van der Waals surface area (Å²) in [6.45, 7) is 9.66. The van der Waals surface area contributed by atoms with Gasteiger partial charge in [0.15, 0.2) is 0 Å². The van der Waals surface area contributed by atoms with Gasteiger partial charge in [-0.3, -0.25) is 0 Å². The van der Waals surface area contributed by atoms with Crippen LogP contribution in [-0.2, 0) is 30.1 Å². The average molecular weight is 1030 g/mol. The summed E-state index contributed by atoms with van der Waals surface area (Å²) >= 11 is 0. The van der Waals surface area contributed by atoms with Crippen molar-refractivity contribution >= 4 is 45.7 Å². The lowest BCUT2D eigenvalue weighted by Gasteiger charge is -2.35. The average Bonchev–Trinajstić information content (AvgIpc) is 3.69. The quantitative estimate of drug-likeness (QED) is 0.170. The molecule has 4 aliphatic carbocycles. The monoisotopic (exact) mass is 1030 g/mol. The molecule has 1 unspecified atom stereocenters. The fourth-order valence-electron chi connectivity index (χ4n) is 15.5. The number of nitrogens with zero attached hydrogens (tertiary/aromatic N) is 2. The maximum Gasteiger partial charge on any atom is 0.0566 e. The van der Waals surface area contributed by atoms with E-state index in [1.54, 1.807) is 5.57 Å². The largest absolute Gasteiger partial charge is 0.334 e. The molecule has 0 saturated heterocycles. The number of hydrogen-bond donors (Lipinski definition) is 0. The number of hydrogen-bond acceptors (Lipinski definition) is 2. The van der Waals surface area contributed by atoms with Gasteiger partial charge in [0.25, 0.3) is 0 Å². The fourth-order valence-corrected chi connectivity index (χ4v) is 15.5. The Bertz CT molecular complexity index is 4430. The van der Waals surface area contributed by atoms with Gasteiger partial charge in [-0.05, 0) is 215 Å². The Morgan fingerprint density at radius 3 is 1.62 bits per heavy atom. The van der Waals surface area contributed by atoms with E-state index in [2.05, 4.69) is 262 Å². The van der Waals surface area contributed by atoms with E-state index in [1.165, 1.54) is 144 Å². The van der Waals surface area contributed by atoms with E-state index in [0.29, 0.717) is 0 Å². The van der Waals surface area contributed by atoms with E-state index >= 15 is 0 Å². The SMILES string of the molecule is CC1(C)c2ccccc2-c2ccc(-c3ccccc3-c3c4c(c(-c5ccc6c(c5)C(C)(C)c5ccccc5-6)c5cc(N6C7=C(CCC=C7)CCc7ccccc76)ccc35)=CCC(N3c5ccccc5CCc5ccccc53)C=4)cc21. The maximum absolute atomic E-state index is 2.69. The first kappa shape index (κ1) is 47.3. The predicted molar refractivity (Wildman–Crippen MR) is 337 cm³/mol. The zero-order chi connectivity index (χ0) is 53.4. The van der Waals surface area contributed by atoms with Crippen molar-refractivity contribution in [1.82, 2.24) is 0 Å². The van der Waals surface area contributed by atoms with Gasteiger partial charge in [-0.25, -0.2) is 0 Å². The molecule has 0 fully saturated rings. The standard InChI is InChI=1S/C78H64N2/c1-77(2)67-27-13-11-24-58(67)60-41-37-53(45-69(60)77)57-23-9-10-26-62(57)76-64-44-40-55(79-71-29-15-5-19-49(71)33-34-50-20-6-16-30-72(50)79)47-65(64)75(54-38-42-61-59-25-12-14-28-68(59)78(3,4)70(61)46-54)63-43-39-56(48-66(63)76)80-73-31-17-7-21-51(73)35-36-52-22-8-18-32-74(52)80/h5,7-19,21-32,37-38,40-48,56H,6,20,33-36,39H2,1-4H3. The first-order valence-electron chi connectivity index (χ1n) is 29.3. The normalized spacial score (nSPS) is 17.5. The van der Waals surface area contributed by atoms with Crippen LogP contribution >= 0.6 is 0 Å². The Hall–Kier alpha value is -8.72. The summed E-state index contributed by atoms with van der Waals surface area (Å²) in [5, 5.41) is 5.17. The van der Waals surface area contributed by atoms with Gasteiger partial charge in [0, 0.05) is 39.3 Å². The molecule has 6 aliphatic rings. The van der Waals surface area contributed by atoms with Crippen LogP contribution in [-0.4, -0.2) is 6.04 Å². The number of aryl methyl sites for hydroxylation is 3. The van der Waals surface area contributed by atoms with Crippen molar-refractivity contribution in [1.29, 1.82) is 0 Å². The zero-order valence-corrected chi connectivity index (χ0v) is 46.3. The van der Waals surface area contributed by atoms with Crippen LogP contribution in [0.4, 0.5) is 22.7 Å². The topological polar surface area (TPSA) is 6.48 Å². The molecule has 386 valence electrons. The third-order valence-electron chi connectivity index (χ3n) is 19.4. The molecular formula is C78H64N2. The summed E-state index contributed by atoms with van der Waals surface area (Å²) in [5.74, 6) is 0. The van der Waals surface area contributed by atoms with Gasteiger partial charge in [-0.15, -0.1) is 0 Å². The molecule has 0 aromatic heterocycles. The number of allylic oxidation sites excluding steroid dienone is 3. The van der Waals surface area contributed by atoms with Crippen molar-refractivity contribution in [3.63, 3.8) is 0 Å². The third kappa shape index (κ3) is 7.03. The second-order valence-electron chi connectivity index (χ2n) is 24.4. The molecule has 1 atom stereocenters. The van der Waals surface area contributed by atoms with Crippen molar-refractivity contribution in [3.8, 4) is 55.6 Å². The summed E-state index contributed by atoms with van der Waals surface area (Å²) < 4.78 is 0. The summed E-state index contributed by atoms with van der Waals surface area (Å²) in [6.07, 6.45) is 17.3. The first-order chi connectivity index (χ1) is 39.2. The number of benzene rings is 10. The van der Waals surface area contributed by atoms with Crippen LogP contribution in [0.2, 0.25) is 0 Å². The van der Waals surface area contributed by atoms with Crippen molar-refractivity contribution < 1.29 is 0 Å². The minimum atomic E-state index is -0.159. The van der Waals surface area contributed by atoms with Crippen LogP contribution in [0.3, 0.4) is 0 Å². The second-order valence-corrected chi connectivity index (χ2v) is 24.4. The Morgan fingerprint density at radius 1 is 0.412 bits per heavy atom. The first-order valence-corrected chi connectivity index (χ1v) is 29.3. The lowest BCUT2D eigenvalue weighted by molar-refractivity contribution is 0.660. The van der Waals surface area contributed by atoms with Crippen molar-refractivity contribution in [3.05, 3.63) is 273 Å². The minimum Gasteiger partial charge on any atom is -0.334 e. The summed E-state index contributed by atoms with van der Waals surface area (Å²) in [7, 11) is 0. The van der Waals surface area contributed by atoms with Gasteiger partial charge >= 0.3 is 0 Å². The minimum absolute atomic E-state index is 0.0585. The number of anilines is 4. The molecule has 0 saturated carbocycles. The third-order valence-corrected chi connectivity index (χ3v) is 19.4. The highest BCUT2D eigenvalue weighted by Crippen LogP contribution is 2.53. The Labute approximate surface area is 471 Å². The molecule has 0 amide bonds. The number of fused-ring (bicyclic) bond motifs is 11. The van der Waals surface area contributed by atoms with E-state index in [-0.39, 0.29) is 16.9 Å². The van der Waals surface area contributed by atoms with Crippen LogP contribution in [0.15, 0.2) is 224 Å². The van der Waals surface area contributed by atoms with Crippen molar-refractivity contribution in [2.75, 3.05) is 9.80 Å². The van der Waals surface area contributed by atoms with Gasteiger partial charge < -0.3 is 9.80 Å². The van der Waals surface area contributed by atoms with Crippen molar-refractivity contribution in [2.24, 2.45) is 0 Å². The molecule has 2 nitrogen and oxygen atoms in total. The van der Waals surface area contributed by atoms with Gasteiger partial charge in [0.1, 0.15) is 0 Å². The van der Waals surface area contributed by atoms with Gasteiger partial charge in [0.2, 0.25) is 0 Å². The molecule has 0 N–H and O–H groups in total. The highest BCUT2D eigenvalue weighted by Gasteiger charge is 2.38. The molecule has 16 rings (SSSR count). The molecule has 80 heavy (non-hydrogen) atoms. The van der Waals surface area contributed by atoms with Crippen LogP contribution in [0.5, 0.6) is 0 Å².